The molecule has 1 atom stereocenters. The molecule has 1 N–H and O–H groups in total. The van der Waals surface area contributed by atoms with Crippen molar-refractivity contribution in [2.45, 2.75) is 51.1 Å². The summed E-state index contributed by atoms with van der Waals surface area (Å²) in [5.41, 5.74) is 0.665. The Bertz CT molecular complexity index is 501. The van der Waals surface area contributed by atoms with Crippen molar-refractivity contribution < 1.29 is 4.79 Å². The van der Waals surface area contributed by atoms with Gasteiger partial charge >= 0.3 is 0 Å². The van der Waals surface area contributed by atoms with Crippen LogP contribution in [-0.2, 0) is 4.79 Å². The summed E-state index contributed by atoms with van der Waals surface area (Å²) in [6.45, 7) is 1.92. The van der Waals surface area contributed by atoms with E-state index in [2.05, 4.69) is 20.2 Å². The predicted molar refractivity (Wildman–Crippen MR) is 74.5 cm³/mol. The lowest BCUT2D eigenvalue weighted by Crippen LogP contribution is -2.52. The zero-order valence-electron chi connectivity index (χ0n) is 10.9. The standard InChI is InChI=1S/C13H17ClN4O/c1-8-12(19)16-10-7-15-13(14)17-11(10)18(8)9-5-3-2-4-6-9/h7-9H,2-6H2,1H3,(H,16,19). The summed E-state index contributed by atoms with van der Waals surface area (Å²) in [6, 6.07) is 0.168. The van der Waals surface area contributed by atoms with Crippen molar-refractivity contribution in [2.75, 3.05) is 10.2 Å². The molecule has 0 spiro atoms. The smallest absolute Gasteiger partial charge is 0.246 e. The highest BCUT2D eigenvalue weighted by molar-refractivity contribution is 6.28. The number of carbonyl (C=O) groups excluding carboxylic acids is 1. The first-order valence-corrected chi connectivity index (χ1v) is 7.16. The number of carbonyl (C=O) groups is 1. The third-order valence-electron chi connectivity index (χ3n) is 4.01. The number of hydrogen-bond acceptors (Lipinski definition) is 4. The third-order valence-corrected chi connectivity index (χ3v) is 4.19. The molecule has 1 amide bonds. The molecule has 2 heterocycles. The van der Waals surface area contributed by atoms with Crippen LogP contribution < -0.4 is 10.2 Å². The lowest BCUT2D eigenvalue weighted by molar-refractivity contribution is -0.117. The number of nitrogens with zero attached hydrogens (tertiary/aromatic N) is 3. The summed E-state index contributed by atoms with van der Waals surface area (Å²) in [6.07, 6.45) is 7.51. The fourth-order valence-electron chi connectivity index (χ4n) is 3.03. The maximum atomic E-state index is 12.1. The van der Waals surface area contributed by atoms with Gasteiger partial charge in [-0.25, -0.2) is 4.98 Å². The number of aromatic nitrogens is 2. The van der Waals surface area contributed by atoms with Crippen molar-refractivity contribution in [1.29, 1.82) is 0 Å². The second kappa shape index (κ2) is 4.96. The monoisotopic (exact) mass is 280 g/mol. The summed E-state index contributed by atoms with van der Waals surface area (Å²) in [5, 5.41) is 3.07. The molecule has 1 saturated carbocycles. The highest BCUT2D eigenvalue weighted by Crippen LogP contribution is 2.35. The van der Waals surface area contributed by atoms with Crippen LogP contribution in [0.25, 0.3) is 0 Å². The van der Waals surface area contributed by atoms with Crippen LogP contribution in [0.2, 0.25) is 5.28 Å². The number of anilines is 2. The molecule has 1 fully saturated rings. The van der Waals surface area contributed by atoms with E-state index in [1.807, 2.05) is 6.92 Å². The number of nitrogens with one attached hydrogen (secondary N) is 1. The van der Waals surface area contributed by atoms with Crippen molar-refractivity contribution in [1.82, 2.24) is 9.97 Å². The highest BCUT2D eigenvalue weighted by Gasteiger charge is 2.36. The minimum absolute atomic E-state index is 0.00370. The highest BCUT2D eigenvalue weighted by atomic mass is 35.5. The molecule has 102 valence electrons. The number of fused-ring (bicyclic) bond motifs is 1. The van der Waals surface area contributed by atoms with E-state index < -0.39 is 0 Å². The zero-order valence-corrected chi connectivity index (χ0v) is 11.7. The minimum atomic E-state index is -0.207. The van der Waals surface area contributed by atoms with E-state index in [0.717, 1.165) is 18.7 Å². The Morgan fingerprint density at radius 2 is 2.11 bits per heavy atom. The maximum absolute atomic E-state index is 12.1. The fourth-order valence-corrected chi connectivity index (χ4v) is 3.16. The Kier molecular flexibility index (Phi) is 3.31. The normalized spacial score (nSPS) is 24.0. The second-order valence-corrected chi connectivity index (χ2v) is 5.58. The van der Waals surface area contributed by atoms with E-state index in [0.29, 0.717) is 11.7 Å². The van der Waals surface area contributed by atoms with E-state index in [1.165, 1.54) is 19.3 Å². The van der Waals surface area contributed by atoms with Gasteiger partial charge in [0.15, 0.2) is 5.82 Å². The molecule has 0 bridgehead atoms. The van der Waals surface area contributed by atoms with Crippen LogP contribution in [-0.4, -0.2) is 28.0 Å². The van der Waals surface area contributed by atoms with Crippen LogP contribution in [0.3, 0.4) is 0 Å². The van der Waals surface area contributed by atoms with E-state index in [-0.39, 0.29) is 17.2 Å². The largest absolute Gasteiger partial charge is 0.340 e. The average Bonchev–Trinajstić information content (AvgIpc) is 2.42. The number of hydrogen-bond donors (Lipinski definition) is 1. The van der Waals surface area contributed by atoms with Crippen LogP contribution in [0, 0.1) is 0 Å². The SMILES string of the molecule is CC1C(=O)Nc2cnc(Cl)nc2N1C1CCCCC1. The quantitative estimate of drug-likeness (QED) is 0.804. The van der Waals surface area contributed by atoms with Gasteiger partial charge in [0.1, 0.15) is 11.7 Å². The minimum Gasteiger partial charge on any atom is -0.340 e. The van der Waals surface area contributed by atoms with Crippen molar-refractivity contribution in [3.05, 3.63) is 11.5 Å². The van der Waals surface area contributed by atoms with Gasteiger partial charge in [-0.05, 0) is 31.4 Å². The van der Waals surface area contributed by atoms with E-state index in [1.54, 1.807) is 6.20 Å². The van der Waals surface area contributed by atoms with Gasteiger partial charge in [-0.2, -0.15) is 4.98 Å². The van der Waals surface area contributed by atoms with Crippen LogP contribution in [0.5, 0.6) is 0 Å². The van der Waals surface area contributed by atoms with Gasteiger partial charge in [-0.3, -0.25) is 4.79 Å². The molecule has 1 aliphatic carbocycles. The van der Waals surface area contributed by atoms with Gasteiger partial charge in [0.2, 0.25) is 11.2 Å². The van der Waals surface area contributed by atoms with Crippen molar-refractivity contribution in [2.24, 2.45) is 0 Å². The Labute approximate surface area is 117 Å². The first kappa shape index (κ1) is 12.7. The molecule has 1 aliphatic heterocycles. The molecule has 19 heavy (non-hydrogen) atoms. The second-order valence-electron chi connectivity index (χ2n) is 5.24. The fraction of sp³-hybridized carbons (Fsp3) is 0.615. The number of amides is 1. The maximum Gasteiger partial charge on any atom is 0.246 e. The molecule has 0 saturated heterocycles. The van der Waals surface area contributed by atoms with Crippen molar-refractivity contribution >= 4 is 29.0 Å². The first-order chi connectivity index (χ1) is 9.16. The van der Waals surface area contributed by atoms with Crippen LogP contribution in [0.15, 0.2) is 6.20 Å². The van der Waals surface area contributed by atoms with Gasteiger partial charge in [0.05, 0.1) is 6.20 Å². The summed E-state index contributed by atoms with van der Waals surface area (Å²) >= 11 is 5.90. The average molecular weight is 281 g/mol. The Morgan fingerprint density at radius 1 is 1.37 bits per heavy atom. The molecule has 1 aromatic rings. The summed E-state index contributed by atoms with van der Waals surface area (Å²) < 4.78 is 0. The lowest BCUT2D eigenvalue weighted by Gasteiger charge is -2.42. The first-order valence-electron chi connectivity index (χ1n) is 6.78. The molecule has 0 aromatic carbocycles. The molecular formula is C13H17ClN4O. The zero-order chi connectivity index (χ0) is 13.4. The number of halogens is 1. The van der Waals surface area contributed by atoms with Gasteiger partial charge in [-0.15, -0.1) is 0 Å². The topological polar surface area (TPSA) is 58.1 Å². The molecular weight excluding hydrogens is 264 g/mol. The predicted octanol–water partition coefficient (Wildman–Crippen LogP) is 2.61. The number of rotatable bonds is 1. The molecule has 3 rings (SSSR count). The Morgan fingerprint density at radius 3 is 2.84 bits per heavy atom. The molecule has 2 aliphatic rings. The van der Waals surface area contributed by atoms with Crippen LogP contribution in [0.1, 0.15) is 39.0 Å². The van der Waals surface area contributed by atoms with Crippen molar-refractivity contribution in [3.63, 3.8) is 0 Å². The Balaban J connectivity index is 2.01. The summed E-state index contributed by atoms with van der Waals surface area (Å²) in [5.74, 6) is 0.767. The molecule has 6 heteroatoms. The van der Waals surface area contributed by atoms with Crippen LogP contribution in [0.4, 0.5) is 11.5 Å². The van der Waals surface area contributed by atoms with Gasteiger partial charge in [0, 0.05) is 6.04 Å². The third kappa shape index (κ3) is 2.27. The van der Waals surface area contributed by atoms with E-state index >= 15 is 0 Å². The van der Waals surface area contributed by atoms with Gasteiger partial charge < -0.3 is 10.2 Å². The molecule has 1 aromatic heterocycles. The molecule has 5 nitrogen and oxygen atoms in total. The van der Waals surface area contributed by atoms with Crippen LogP contribution >= 0.6 is 11.6 Å². The Hall–Kier alpha value is -1.36. The van der Waals surface area contributed by atoms with E-state index in [4.69, 9.17) is 11.6 Å². The summed E-state index contributed by atoms with van der Waals surface area (Å²) in [4.78, 5) is 22.4. The van der Waals surface area contributed by atoms with Crippen molar-refractivity contribution in [3.8, 4) is 0 Å². The van der Waals surface area contributed by atoms with Gasteiger partial charge in [-0.1, -0.05) is 19.3 Å². The molecule has 1 unspecified atom stereocenters. The lowest BCUT2D eigenvalue weighted by atomic mass is 9.92. The van der Waals surface area contributed by atoms with E-state index in [9.17, 15) is 4.79 Å². The molecule has 0 radical (unpaired) electrons. The summed E-state index contributed by atoms with van der Waals surface area (Å²) in [7, 11) is 0. The van der Waals surface area contributed by atoms with Gasteiger partial charge in [0.25, 0.3) is 0 Å².